The lowest BCUT2D eigenvalue weighted by molar-refractivity contribution is 0.0894. The summed E-state index contributed by atoms with van der Waals surface area (Å²) in [6.07, 6.45) is 2.91. The molecule has 0 aromatic heterocycles. The molecule has 0 spiro atoms. The predicted octanol–water partition coefficient (Wildman–Crippen LogP) is 3.44. The van der Waals surface area contributed by atoms with Gasteiger partial charge in [0, 0.05) is 5.41 Å². The van der Waals surface area contributed by atoms with E-state index in [-0.39, 0.29) is 5.41 Å². The molecule has 15 heavy (non-hydrogen) atoms. The molecule has 0 radical (unpaired) electrons. The Morgan fingerprint density at radius 3 is 2.20 bits per heavy atom. The highest BCUT2D eigenvalue weighted by atomic mass is 28.3. The van der Waals surface area contributed by atoms with Crippen LogP contribution in [0.15, 0.2) is 0 Å². The Bertz CT molecular complexity index is 239. The van der Waals surface area contributed by atoms with Gasteiger partial charge in [0.15, 0.2) is 0 Å². The third-order valence-electron chi connectivity index (χ3n) is 2.50. The maximum Gasteiger partial charge on any atom is 0.129 e. The molecule has 0 aliphatic carbocycles. The van der Waals surface area contributed by atoms with Gasteiger partial charge in [-0.2, -0.15) is 0 Å². The Kier molecular flexibility index (Phi) is 5.62. The van der Waals surface area contributed by atoms with Crippen molar-refractivity contribution in [1.29, 1.82) is 0 Å². The third kappa shape index (κ3) is 6.76. The van der Waals surface area contributed by atoms with Gasteiger partial charge in [-0.3, -0.25) is 0 Å². The van der Waals surface area contributed by atoms with Crippen molar-refractivity contribution in [2.75, 3.05) is 0 Å². The SMILES string of the molecule is CCCCC(C)(C)[C@@H](O)C#C[Si](C)(C)C. The smallest absolute Gasteiger partial charge is 0.129 e. The van der Waals surface area contributed by atoms with Gasteiger partial charge in [-0.05, 0) is 6.42 Å². The van der Waals surface area contributed by atoms with Gasteiger partial charge in [0.05, 0.1) is 0 Å². The van der Waals surface area contributed by atoms with Gasteiger partial charge in [0.1, 0.15) is 14.2 Å². The summed E-state index contributed by atoms with van der Waals surface area (Å²) in [7, 11) is -1.35. The summed E-state index contributed by atoms with van der Waals surface area (Å²) in [5.74, 6) is 3.04. The fourth-order valence-corrected chi connectivity index (χ4v) is 1.82. The van der Waals surface area contributed by atoms with Crippen LogP contribution < -0.4 is 0 Å². The molecule has 0 saturated heterocycles. The first-order valence-electron chi connectivity index (χ1n) is 5.90. The van der Waals surface area contributed by atoms with Crippen molar-refractivity contribution in [2.24, 2.45) is 5.41 Å². The van der Waals surface area contributed by atoms with Gasteiger partial charge in [0.25, 0.3) is 0 Å². The molecule has 0 aliphatic heterocycles. The summed E-state index contributed by atoms with van der Waals surface area (Å²) in [4.78, 5) is 0. The zero-order valence-corrected chi connectivity index (χ0v) is 12.1. The minimum Gasteiger partial charge on any atom is -0.380 e. The zero-order chi connectivity index (χ0) is 12.1. The fraction of sp³-hybridized carbons (Fsp3) is 0.846. The molecule has 1 nitrogen and oxygen atoms in total. The van der Waals surface area contributed by atoms with Gasteiger partial charge in [-0.25, -0.2) is 0 Å². The van der Waals surface area contributed by atoms with Gasteiger partial charge in [-0.1, -0.05) is 59.2 Å². The Labute approximate surface area is 96.3 Å². The topological polar surface area (TPSA) is 20.2 Å². The van der Waals surface area contributed by atoms with E-state index in [1.54, 1.807) is 0 Å². The zero-order valence-electron chi connectivity index (χ0n) is 11.1. The summed E-state index contributed by atoms with van der Waals surface area (Å²) in [6.45, 7) is 13.0. The molecule has 1 atom stereocenters. The van der Waals surface area contributed by atoms with E-state index in [0.717, 1.165) is 6.42 Å². The van der Waals surface area contributed by atoms with E-state index in [4.69, 9.17) is 0 Å². The molecule has 0 aromatic carbocycles. The third-order valence-corrected chi connectivity index (χ3v) is 3.39. The van der Waals surface area contributed by atoms with E-state index in [1.165, 1.54) is 12.8 Å². The number of aliphatic hydroxyl groups excluding tert-OH is 1. The molecule has 0 rings (SSSR count). The standard InChI is InChI=1S/C13H26OSi/c1-7-8-10-13(2,3)12(14)9-11-15(4,5)6/h12,14H,7-8,10H2,1-6H3/t12-/m0/s1. The highest BCUT2D eigenvalue weighted by Crippen LogP contribution is 2.27. The van der Waals surface area contributed by atoms with Gasteiger partial charge < -0.3 is 5.11 Å². The van der Waals surface area contributed by atoms with Crippen molar-refractivity contribution in [3.63, 3.8) is 0 Å². The highest BCUT2D eigenvalue weighted by Gasteiger charge is 2.25. The first kappa shape index (κ1) is 14.7. The largest absolute Gasteiger partial charge is 0.380 e. The molecular weight excluding hydrogens is 200 g/mol. The molecule has 0 heterocycles. The van der Waals surface area contributed by atoms with E-state index in [2.05, 4.69) is 51.9 Å². The van der Waals surface area contributed by atoms with Gasteiger partial charge >= 0.3 is 0 Å². The molecule has 1 N–H and O–H groups in total. The van der Waals surface area contributed by atoms with E-state index in [1.807, 2.05) is 0 Å². The van der Waals surface area contributed by atoms with Crippen LogP contribution in [0, 0.1) is 16.9 Å². The summed E-state index contributed by atoms with van der Waals surface area (Å²) >= 11 is 0. The lowest BCUT2D eigenvalue weighted by Crippen LogP contribution is -2.29. The number of unbranched alkanes of at least 4 members (excludes halogenated alkanes) is 1. The van der Waals surface area contributed by atoms with Crippen LogP contribution in [0.5, 0.6) is 0 Å². The lowest BCUT2D eigenvalue weighted by Gasteiger charge is -2.27. The predicted molar refractivity (Wildman–Crippen MR) is 70.4 cm³/mol. The molecule has 0 amide bonds. The van der Waals surface area contributed by atoms with E-state index in [0.29, 0.717) is 0 Å². The van der Waals surface area contributed by atoms with Crippen LogP contribution in [0.2, 0.25) is 19.6 Å². The maximum absolute atomic E-state index is 10.0. The second-order valence-corrected chi connectivity index (χ2v) is 10.8. The summed E-state index contributed by atoms with van der Waals surface area (Å²) in [5.41, 5.74) is 3.18. The Hall–Kier alpha value is -0.263. The molecule has 0 bridgehead atoms. The van der Waals surface area contributed by atoms with Gasteiger partial charge in [0.2, 0.25) is 0 Å². The average Bonchev–Trinajstić information content (AvgIpc) is 2.09. The number of hydrogen-bond acceptors (Lipinski definition) is 1. The van der Waals surface area contributed by atoms with Crippen LogP contribution >= 0.6 is 0 Å². The van der Waals surface area contributed by atoms with E-state index < -0.39 is 14.2 Å². The Balaban J connectivity index is 4.40. The molecule has 0 unspecified atom stereocenters. The van der Waals surface area contributed by atoms with Crippen molar-refractivity contribution in [1.82, 2.24) is 0 Å². The first-order chi connectivity index (χ1) is 6.69. The fourth-order valence-electron chi connectivity index (χ4n) is 1.25. The molecule has 0 saturated carbocycles. The van der Waals surface area contributed by atoms with Crippen molar-refractivity contribution in [2.45, 2.75) is 65.8 Å². The highest BCUT2D eigenvalue weighted by molar-refractivity contribution is 6.83. The summed E-state index contributed by atoms with van der Waals surface area (Å²) in [5, 5.41) is 10.0. The molecule has 0 aromatic rings. The average molecular weight is 226 g/mol. The van der Waals surface area contributed by atoms with Crippen molar-refractivity contribution >= 4 is 8.07 Å². The van der Waals surface area contributed by atoms with Crippen molar-refractivity contribution in [3.05, 3.63) is 0 Å². The lowest BCUT2D eigenvalue weighted by atomic mass is 9.82. The quantitative estimate of drug-likeness (QED) is 0.575. The minimum absolute atomic E-state index is 0.0668. The monoisotopic (exact) mass is 226 g/mol. The molecular formula is C13H26OSi. The molecule has 0 aliphatic rings. The first-order valence-corrected chi connectivity index (χ1v) is 9.40. The normalized spacial score (nSPS) is 14.3. The van der Waals surface area contributed by atoms with Crippen LogP contribution in [-0.4, -0.2) is 19.3 Å². The van der Waals surface area contributed by atoms with Crippen LogP contribution in [0.25, 0.3) is 0 Å². The number of hydrogen-bond donors (Lipinski definition) is 1. The van der Waals surface area contributed by atoms with Crippen LogP contribution in [0.4, 0.5) is 0 Å². The van der Waals surface area contributed by atoms with E-state index in [9.17, 15) is 5.11 Å². The Morgan fingerprint density at radius 2 is 1.80 bits per heavy atom. The van der Waals surface area contributed by atoms with E-state index >= 15 is 0 Å². The Morgan fingerprint density at radius 1 is 1.27 bits per heavy atom. The number of rotatable bonds is 4. The van der Waals surface area contributed by atoms with Crippen molar-refractivity contribution in [3.8, 4) is 11.5 Å². The second-order valence-electron chi connectivity index (χ2n) is 6.01. The summed E-state index contributed by atoms with van der Waals surface area (Å²) in [6, 6.07) is 0. The van der Waals surface area contributed by atoms with Crippen LogP contribution in [0.3, 0.4) is 0 Å². The summed E-state index contributed by atoms with van der Waals surface area (Å²) < 4.78 is 0. The minimum atomic E-state index is -1.35. The molecule has 2 heteroatoms. The maximum atomic E-state index is 10.0. The van der Waals surface area contributed by atoms with Crippen molar-refractivity contribution < 1.29 is 5.11 Å². The van der Waals surface area contributed by atoms with Gasteiger partial charge in [-0.15, -0.1) is 5.54 Å². The number of aliphatic hydroxyl groups is 1. The van der Waals surface area contributed by atoms with Crippen LogP contribution in [0.1, 0.15) is 40.0 Å². The second kappa shape index (κ2) is 5.72. The molecule has 0 fully saturated rings. The molecule has 88 valence electrons. The van der Waals surface area contributed by atoms with Crippen LogP contribution in [-0.2, 0) is 0 Å².